The Morgan fingerprint density at radius 2 is 2.10 bits per heavy atom. The van der Waals surface area contributed by atoms with E-state index in [2.05, 4.69) is 4.98 Å². The number of nitrogens with zero attached hydrogens (tertiary/aromatic N) is 1. The lowest BCUT2D eigenvalue weighted by molar-refractivity contribution is 0.0693. The summed E-state index contributed by atoms with van der Waals surface area (Å²) in [5.74, 6) is -0.174. The zero-order chi connectivity index (χ0) is 13.9. The summed E-state index contributed by atoms with van der Waals surface area (Å²) >= 11 is 0. The van der Waals surface area contributed by atoms with Crippen LogP contribution in [-0.2, 0) is 6.61 Å². The molecule has 3 aromatic rings. The van der Waals surface area contributed by atoms with Gasteiger partial charge in [0.2, 0.25) is 0 Å². The zero-order valence-electron chi connectivity index (χ0n) is 10.4. The van der Waals surface area contributed by atoms with Gasteiger partial charge >= 0.3 is 5.97 Å². The van der Waals surface area contributed by atoms with Crippen LogP contribution < -0.4 is 4.74 Å². The Morgan fingerprint density at radius 1 is 1.25 bits per heavy atom. The molecular formula is C15H11NO4. The second-order valence-corrected chi connectivity index (χ2v) is 4.18. The van der Waals surface area contributed by atoms with E-state index in [0.29, 0.717) is 22.5 Å². The summed E-state index contributed by atoms with van der Waals surface area (Å²) in [5.41, 5.74) is 0.680. The van der Waals surface area contributed by atoms with Crippen LogP contribution in [0.15, 0.2) is 53.2 Å². The third-order valence-corrected chi connectivity index (χ3v) is 2.89. The molecule has 0 saturated heterocycles. The van der Waals surface area contributed by atoms with Gasteiger partial charge in [0, 0.05) is 11.6 Å². The van der Waals surface area contributed by atoms with Crippen molar-refractivity contribution in [2.24, 2.45) is 0 Å². The Bertz CT molecular complexity index is 749. The number of carboxylic acids is 1. The summed E-state index contributed by atoms with van der Waals surface area (Å²) in [6, 6.07) is 10.5. The Kier molecular flexibility index (Phi) is 3.09. The fourth-order valence-electron chi connectivity index (χ4n) is 2.01. The number of fused-ring (bicyclic) bond motifs is 1. The summed E-state index contributed by atoms with van der Waals surface area (Å²) in [6.07, 6.45) is 3.19. The SMILES string of the molecule is O=C(O)c1c(COc2cccnc2)oc2ccccc12. The van der Waals surface area contributed by atoms with Crippen molar-refractivity contribution in [2.75, 3.05) is 0 Å². The molecule has 100 valence electrons. The number of aromatic nitrogens is 1. The van der Waals surface area contributed by atoms with Crippen molar-refractivity contribution in [3.63, 3.8) is 0 Å². The molecule has 0 aliphatic heterocycles. The van der Waals surface area contributed by atoms with Gasteiger partial charge in [-0.15, -0.1) is 0 Å². The minimum absolute atomic E-state index is 0.0437. The molecule has 2 heterocycles. The molecule has 20 heavy (non-hydrogen) atoms. The molecule has 0 unspecified atom stereocenters. The molecular weight excluding hydrogens is 258 g/mol. The largest absolute Gasteiger partial charge is 0.484 e. The van der Waals surface area contributed by atoms with E-state index in [0.717, 1.165) is 0 Å². The zero-order valence-corrected chi connectivity index (χ0v) is 10.4. The number of rotatable bonds is 4. The van der Waals surface area contributed by atoms with Gasteiger partial charge in [-0.2, -0.15) is 0 Å². The number of aromatic carboxylic acids is 1. The van der Waals surface area contributed by atoms with Crippen molar-refractivity contribution in [3.05, 3.63) is 60.1 Å². The number of ether oxygens (including phenoxy) is 1. The van der Waals surface area contributed by atoms with Crippen LogP contribution in [0.2, 0.25) is 0 Å². The normalized spacial score (nSPS) is 10.6. The lowest BCUT2D eigenvalue weighted by atomic mass is 10.1. The van der Waals surface area contributed by atoms with Crippen molar-refractivity contribution in [3.8, 4) is 5.75 Å². The summed E-state index contributed by atoms with van der Waals surface area (Å²) < 4.78 is 11.0. The van der Waals surface area contributed by atoms with E-state index < -0.39 is 5.97 Å². The molecule has 0 aliphatic rings. The number of carboxylic acid groups (broad SMARTS) is 1. The molecule has 3 rings (SSSR count). The Morgan fingerprint density at radius 3 is 2.85 bits per heavy atom. The standard InChI is InChI=1S/C15H11NO4/c17-15(18)14-11-5-1-2-6-12(11)20-13(14)9-19-10-4-3-7-16-8-10/h1-8H,9H2,(H,17,18). The van der Waals surface area contributed by atoms with Crippen LogP contribution in [0.1, 0.15) is 16.1 Å². The molecule has 2 aromatic heterocycles. The lowest BCUT2D eigenvalue weighted by Crippen LogP contribution is -2.03. The summed E-state index contributed by atoms with van der Waals surface area (Å²) in [7, 11) is 0. The topological polar surface area (TPSA) is 72.6 Å². The van der Waals surface area contributed by atoms with Crippen LogP contribution in [0.25, 0.3) is 11.0 Å². The Hall–Kier alpha value is -2.82. The van der Waals surface area contributed by atoms with Gasteiger partial charge in [0.1, 0.15) is 23.5 Å². The maximum absolute atomic E-state index is 11.4. The summed E-state index contributed by atoms with van der Waals surface area (Å²) in [4.78, 5) is 15.3. The first-order valence-corrected chi connectivity index (χ1v) is 6.02. The van der Waals surface area contributed by atoms with E-state index in [1.807, 2.05) is 0 Å². The van der Waals surface area contributed by atoms with Crippen molar-refractivity contribution >= 4 is 16.9 Å². The molecule has 0 spiro atoms. The molecule has 5 nitrogen and oxygen atoms in total. The van der Waals surface area contributed by atoms with Gasteiger partial charge in [-0.05, 0) is 18.2 Å². The number of benzene rings is 1. The molecule has 1 aromatic carbocycles. The van der Waals surface area contributed by atoms with Crippen molar-refractivity contribution < 1.29 is 19.1 Å². The van der Waals surface area contributed by atoms with Crippen LogP contribution in [0.3, 0.4) is 0 Å². The summed E-state index contributed by atoms with van der Waals surface area (Å²) in [6.45, 7) is 0.0437. The van der Waals surface area contributed by atoms with E-state index in [1.165, 1.54) is 0 Å². The number of hydrogen-bond donors (Lipinski definition) is 1. The molecule has 0 amide bonds. The number of carbonyl (C=O) groups is 1. The average Bonchev–Trinajstić information content (AvgIpc) is 2.84. The van der Waals surface area contributed by atoms with Gasteiger partial charge in [0.25, 0.3) is 0 Å². The van der Waals surface area contributed by atoms with E-state index >= 15 is 0 Å². The van der Waals surface area contributed by atoms with Crippen molar-refractivity contribution in [1.82, 2.24) is 4.98 Å². The van der Waals surface area contributed by atoms with E-state index in [9.17, 15) is 9.90 Å². The first-order chi connectivity index (χ1) is 9.75. The smallest absolute Gasteiger partial charge is 0.340 e. The maximum atomic E-state index is 11.4. The van der Waals surface area contributed by atoms with Gasteiger partial charge in [-0.25, -0.2) is 4.79 Å². The van der Waals surface area contributed by atoms with Gasteiger partial charge in [-0.1, -0.05) is 18.2 Å². The number of furan rings is 1. The first-order valence-electron chi connectivity index (χ1n) is 6.02. The number of hydrogen-bond acceptors (Lipinski definition) is 4. The van der Waals surface area contributed by atoms with Gasteiger partial charge < -0.3 is 14.3 Å². The quantitative estimate of drug-likeness (QED) is 0.787. The second-order valence-electron chi connectivity index (χ2n) is 4.18. The van der Waals surface area contributed by atoms with Crippen molar-refractivity contribution in [1.29, 1.82) is 0 Å². The molecule has 0 bridgehead atoms. The molecule has 0 aliphatic carbocycles. The number of pyridine rings is 1. The van der Waals surface area contributed by atoms with E-state index in [4.69, 9.17) is 9.15 Å². The molecule has 0 radical (unpaired) electrons. The minimum Gasteiger partial charge on any atom is -0.484 e. The van der Waals surface area contributed by atoms with E-state index in [1.54, 1.807) is 48.8 Å². The van der Waals surface area contributed by atoms with Crippen LogP contribution in [0.5, 0.6) is 5.75 Å². The van der Waals surface area contributed by atoms with Gasteiger partial charge in [0.05, 0.1) is 6.20 Å². The Labute approximate surface area is 114 Å². The lowest BCUT2D eigenvalue weighted by Gasteiger charge is -2.03. The highest BCUT2D eigenvalue weighted by atomic mass is 16.5. The molecule has 0 fully saturated rings. The third-order valence-electron chi connectivity index (χ3n) is 2.89. The number of para-hydroxylation sites is 1. The molecule has 0 atom stereocenters. The fourth-order valence-corrected chi connectivity index (χ4v) is 2.01. The van der Waals surface area contributed by atoms with E-state index in [-0.39, 0.29) is 12.2 Å². The highest BCUT2D eigenvalue weighted by Gasteiger charge is 2.20. The van der Waals surface area contributed by atoms with Crippen molar-refractivity contribution in [2.45, 2.75) is 6.61 Å². The molecule has 5 heteroatoms. The third kappa shape index (κ3) is 2.21. The first kappa shape index (κ1) is 12.2. The minimum atomic E-state index is -1.03. The molecule has 0 saturated carbocycles. The van der Waals surface area contributed by atoms with Crippen LogP contribution >= 0.6 is 0 Å². The average molecular weight is 269 g/mol. The van der Waals surface area contributed by atoms with Gasteiger partial charge in [-0.3, -0.25) is 4.98 Å². The fraction of sp³-hybridized carbons (Fsp3) is 0.0667. The highest BCUT2D eigenvalue weighted by Crippen LogP contribution is 2.26. The summed E-state index contributed by atoms with van der Waals surface area (Å²) in [5, 5.41) is 9.90. The van der Waals surface area contributed by atoms with Gasteiger partial charge in [0.15, 0.2) is 5.76 Å². The van der Waals surface area contributed by atoms with Crippen LogP contribution in [0.4, 0.5) is 0 Å². The highest BCUT2D eigenvalue weighted by molar-refractivity contribution is 6.03. The predicted molar refractivity (Wildman–Crippen MR) is 71.7 cm³/mol. The molecule has 1 N–H and O–H groups in total. The predicted octanol–water partition coefficient (Wildman–Crippen LogP) is 3.11. The van der Waals surface area contributed by atoms with Crippen LogP contribution in [0, 0.1) is 0 Å². The maximum Gasteiger partial charge on any atom is 0.340 e. The van der Waals surface area contributed by atoms with Crippen LogP contribution in [-0.4, -0.2) is 16.1 Å². The monoisotopic (exact) mass is 269 g/mol. The Balaban J connectivity index is 1.95. The second kappa shape index (κ2) is 5.05.